The Kier molecular flexibility index (Phi) is 5.01. The summed E-state index contributed by atoms with van der Waals surface area (Å²) in [6.07, 6.45) is 0. The van der Waals surface area contributed by atoms with Gasteiger partial charge in [0.1, 0.15) is 11.5 Å². The highest BCUT2D eigenvalue weighted by molar-refractivity contribution is 6.42. The molecule has 0 aliphatic carbocycles. The number of hydrogen-bond acceptors (Lipinski definition) is 4. The highest BCUT2D eigenvalue weighted by Crippen LogP contribution is 2.32. The summed E-state index contributed by atoms with van der Waals surface area (Å²) in [5.74, 6) is -0.859. The summed E-state index contributed by atoms with van der Waals surface area (Å²) in [7, 11) is 0. The van der Waals surface area contributed by atoms with Gasteiger partial charge in [-0.1, -0.05) is 23.2 Å². The van der Waals surface area contributed by atoms with E-state index in [1.165, 1.54) is 11.0 Å². The largest absolute Gasteiger partial charge is 0.477 e. The van der Waals surface area contributed by atoms with E-state index in [1.807, 2.05) is 0 Å². The average Bonchev–Trinajstić information content (AvgIpc) is 3.27. The lowest BCUT2D eigenvalue weighted by Crippen LogP contribution is -2.30. The Morgan fingerprint density at radius 1 is 1.19 bits per heavy atom. The number of aromatic nitrogens is 2. The first-order valence-corrected chi connectivity index (χ1v) is 8.32. The Hall–Kier alpha value is -2.77. The second kappa shape index (κ2) is 7.23. The minimum atomic E-state index is -1.19. The Bertz CT molecular complexity index is 980. The zero-order chi connectivity index (χ0) is 18.8. The molecule has 0 saturated carbocycles. The van der Waals surface area contributed by atoms with Gasteiger partial charge in [-0.3, -0.25) is 14.8 Å². The molecule has 0 fully saturated rings. The second-order valence-corrected chi connectivity index (χ2v) is 6.10. The molecule has 1 aromatic carbocycles. The number of nitrogens with zero attached hydrogens (tertiary/aromatic N) is 2. The first-order valence-electron chi connectivity index (χ1n) is 7.56. The van der Waals surface area contributed by atoms with Crippen molar-refractivity contribution < 1.29 is 19.1 Å². The van der Waals surface area contributed by atoms with E-state index in [0.29, 0.717) is 33.8 Å². The normalized spacial score (nSPS) is 10.7. The quantitative estimate of drug-likeness (QED) is 0.671. The number of nitrogens with one attached hydrogen (secondary N) is 1. The van der Waals surface area contributed by atoms with E-state index in [9.17, 15) is 9.59 Å². The zero-order valence-corrected chi connectivity index (χ0v) is 15.0. The minimum absolute atomic E-state index is 0.0169. The number of halogens is 2. The van der Waals surface area contributed by atoms with Crippen LogP contribution in [-0.4, -0.2) is 33.7 Å². The standard InChI is InChI=1S/C17H13Cl2N3O4/c1-2-22(16(23)12-8-13(17(24)25)21-20-12)15-6-5-14(26-15)9-3-4-10(18)11(19)7-9/h3-8H,2H2,1H3,(H,20,21)(H,24,25). The summed E-state index contributed by atoms with van der Waals surface area (Å²) in [6.45, 7) is 2.08. The van der Waals surface area contributed by atoms with Gasteiger partial charge in [-0.05, 0) is 31.2 Å². The number of benzene rings is 1. The monoisotopic (exact) mass is 393 g/mol. The molecule has 0 spiro atoms. The third-order valence-electron chi connectivity index (χ3n) is 3.65. The molecule has 9 heteroatoms. The van der Waals surface area contributed by atoms with Gasteiger partial charge in [0.2, 0.25) is 5.88 Å². The fourth-order valence-corrected chi connectivity index (χ4v) is 2.65. The molecule has 0 unspecified atom stereocenters. The molecule has 2 heterocycles. The van der Waals surface area contributed by atoms with Crippen LogP contribution in [0.3, 0.4) is 0 Å². The van der Waals surface area contributed by atoms with Crippen LogP contribution in [0, 0.1) is 0 Å². The number of anilines is 1. The number of carboxylic acid groups (broad SMARTS) is 1. The van der Waals surface area contributed by atoms with E-state index in [1.54, 1.807) is 37.3 Å². The summed E-state index contributed by atoms with van der Waals surface area (Å²) < 4.78 is 5.76. The number of rotatable bonds is 5. The lowest BCUT2D eigenvalue weighted by Gasteiger charge is -2.16. The van der Waals surface area contributed by atoms with Crippen molar-refractivity contribution in [2.24, 2.45) is 0 Å². The number of carbonyl (C=O) groups excluding carboxylic acids is 1. The molecule has 0 saturated heterocycles. The molecule has 2 N–H and O–H groups in total. The molecular weight excluding hydrogens is 381 g/mol. The molecule has 1 amide bonds. The van der Waals surface area contributed by atoms with Crippen LogP contribution in [0.15, 0.2) is 40.8 Å². The molecule has 26 heavy (non-hydrogen) atoms. The predicted molar refractivity (Wildman–Crippen MR) is 97.1 cm³/mol. The molecule has 134 valence electrons. The van der Waals surface area contributed by atoms with Crippen molar-refractivity contribution in [1.82, 2.24) is 10.2 Å². The topological polar surface area (TPSA) is 99.4 Å². The van der Waals surface area contributed by atoms with Crippen molar-refractivity contribution in [3.8, 4) is 11.3 Å². The molecule has 0 atom stereocenters. The van der Waals surface area contributed by atoms with Gasteiger partial charge in [0.25, 0.3) is 5.91 Å². The molecule has 0 radical (unpaired) electrons. The third kappa shape index (κ3) is 3.44. The Labute approximate surface area is 158 Å². The predicted octanol–water partition coefficient (Wildman–Crippen LogP) is 4.34. The maximum absolute atomic E-state index is 12.6. The van der Waals surface area contributed by atoms with Crippen LogP contribution in [0.1, 0.15) is 27.9 Å². The van der Waals surface area contributed by atoms with Crippen LogP contribution in [0.4, 0.5) is 5.88 Å². The molecule has 3 rings (SSSR count). The number of hydrogen-bond donors (Lipinski definition) is 2. The first-order chi connectivity index (χ1) is 12.4. The number of aromatic amines is 1. The van der Waals surface area contributed by atoms with Crippen molar-refractivity contribution in [3.63, 3.8) is 0 Å². The molecule has 2 aromatic heterocycles. The molecule has 0 aliphatic heterocycles. The maximum atomic E-state index is 12.6. The molecule has 0 aliphatic rings. The van der Waals surface area contributed by atoms with Crippen molar-refractivity contribution in [2.45, 2.75) is 6.92 Å². The highest BCUT2D eigenvalue weighted by atomic mass is 35.5. The van der Waals surface area contributed by atoms with Gasteiger partial charge in [0.05, 0.1) is 10.0 Å². The van der Waals surface area contributed by atoms with Crippen LogP contribution >= 0.6 is 23.2 Å². The van der Waals surface area contributed by atoms with Crippen LogP contribution in [-0.2, 0) is 0 Å². The van der Waals surface area contributed by atoms with E-state index >= 15 is 0 Å². The summed E-state index contributed by atoms with van der Waals surface area (Å²) in [4.78, 5) is 24.9. The fraction of sp³-hybridized carbons (Fsp3) is 0.118. The van der Waals surface area contributed by atoms with Gasteiger partial charge < -0.3 is 9.52 Å². The van der Waals surface area contributed by atoms with E-state index < -0.39 is 11.9 Å². The summed E-state index contributed by atoms with van der Waals surface area (Å²) >= 11 is 11.9. The zero-order valence-electron chi connectivity index (χ0n) is 13.5. The van der Waals surface area contributed by atoms with Crippen molar-refractivity contribution in [3.05, 3.63) is 57.8 Å². The van der Waals surface area contributed by atoms with Crippen molar-refractivity contribution >= 4 is 41.0 Å². The summed E-state index contributed by atoms with van der Waals surface area (Å²) in [6, 6.07) is 9.60. The Balaban J connectivity index is 1.88. The number of carbonyl (C=O) groups is 2. The molecule has 3 aromatic rings. The SMILES string of the molecule is CCN(C(=O)c1cc(C(=O)O)[nH]n1)c1ccc(-c2ccc(Cl)c(Cl)c2)o1. The van der Waals surface area contributed by atoms with Crippen molar-refractivity contribution in [1.29, 1.82) is 0 Å². The van der Waals surface area contributed by atoms with Gasteiger partial charge >= 0.3 is 5.97 Å². The van der Waals surface area contributed by atoms with Gasteiger partial charge in [-0.15, -0.1) is 0 Å². The Morgan fingerprint density at radius 3 is 2.58 bits per heavy atom. The third-order valence-corrected chi connectivity index (χ3v) is 4.39. The number of amides is 1. The van der Waals surface area contributed by atoms with Gasteiger partial charge in [-0.2, -0.15) is 5.10 Å². The number of H-pyrrole nitrogens is 1. The molecular formula is C17H13Cl2N3O4. The number of furan rings is 1. The minimum Gasteiger partial charge on any atom is -0.477 e. The fourth-order valence-electron chi connectivity index (χ4n) is 2.36. The highest BCUT2D eigenvalue weighted by Gasteiger charge is 2.23. The lowest BCUT2D eigenvalue weighted by molar-refractivity contribution is 0.0690. The van der Waals surface area contributed by atoms with Crippen LogP contribution in [0.5, 0.6) is 0 Å². The van der Waals surface area contributed by atoms with Crippen LogP contribution in [0.25, 0.3) is 11.3 Å². The lowest BCUT2D eigenvalue weighted by atomic mass is 10.2. The van der Waals surface area contributed by atoms with Gasteiger partial charge in [0, 0.05) is 24.2 Å². The van der Waals surface area contributed by atoms with Gasteiger partial charge in [-0.25, -0.2) is 4.79 Å². The molecule has 7 nitrogen and oxygen atoms in total. The Morgan fingerprint density at radius 2 is 1.96 bits per heavy atom. The van der Waals surface area contributed by atoms with Crippen LogP contribution < -0.4 is 4.90 Å². The molecule has 0 bridgehead atoms. The summed E-state index contributed by atoms with van der Waals surface area (Å²) in [5.41, 5.74) is 0.527. The first kappa shape index (κ1) is 18.0. The average molecular weight is 394 g/mol. The van der Waals surface area contributed by atoms with E-state index in [-0.39, 0.29) is 11.4 Å². The van der Waals surface area contributed by atoms with E-state index in [2.05, 4.69) is 10.2 Å². The van der Waals surface area contributed by atoms with E-state index in [0.717, 1.165) is 0 Å². The smallest absolute Gasteiger partial charge is 0.353 e. The van der Waals surface area contributed by atoms with Crippen molar-refractivity contribution in [2.75, 3.05) is 11.4 Å². The number of carboxylic acids is 1. The van der Waals surface area contributed by atoms with Gasteiger partial charge in [0.15, 0.2) is 5.69 Å². The maximum Gasteiger partial charge on any atom is 0.353 e. The second-order valence-electron chi connectivity index (χ2n) is 5.29. The van der Waals surface area contributed by atoms with Crippen LogP contribution in [0.2, 0.25) is 10.0 Å². The van der Waals surface area contributed by atoms with E-state index in [4.69, 9.17) is 32.7 Å². The summed E-state index contributed by atoms with van der Waals surface area (Å²) in [5, 5.41) is 15.8. The number of aromatic carboxylic acids is 1.